The van der Waals surface area contributed by atoms with E-state index in [2.05, 4.69) is 20.9 Å². The number of nitrogens with zero attached hydrogens (tertiary/aromatic N) is 1. The second kappa shape index (κ2) is 12.3. The number of hydrogen-bond acceptors (Lipinski definition) is 6. The van der Waals surface area contributed by atoms with Gasteiger partial charge in [0.2, 0.25) is 11.8 Å². The Morgan fingerprint density at radius 3 is 2.44 bits per heavy atom. The van der Waals surface area contributed by atoms with Crippen molar-refractivity contribution in [3.63, 3.8) is 0 Å². The Hall–Kier alpha value is -2.81. The third-order valence-corrected chi connectivity index (χ3v) is 5.02. The molecule has 2 rings (SSSR count). The number of amides is 3. The highest BCUT2D eigenvalue weighted by molar-refractivity contribution is 5.92. The number of carbonyl (C=O) groups excluding carboxylic acids is 3. The summed E-state index contributed by atoms with van der Waals surface area (Å²) in [5, 5.41) is 8.41. The number of alkyl carbamates (subject to hydrolysis) is 1. The SMILES string of the molecule is COc1ccc(NC(=O)CN2CCCC[C@@H]2CNC(=O)CCNC(=O)OC(C)(C)C)cc1. The van der Waals surface area contributed by atoms with E-state index in [0.717, 1.165) is 37.2 Å². The quantitative estimate of drug-likeness (QED) is 0.536. The van der Waals surface area contributed by atoms with Crippen molar-refractivity contribution >= 4 is 23.6 Å². The third-order valence-electron chi connectivity index (χ3n) is 5.02. The first-order valence-corrected chi connectivity index (χ1v) is 11.1. The van der Waals surface area contributed by atoms with Gasteiger partial charge in [0.1, 0.15) is 11.4 Å². The molecular weight excluding hydrogens is 412 g/mol. The Morgan fingerprint density at radius 1 is 1.06 bits per heavy atom. The van der Waals surface area contributed by atoms with E-state index in [1.807, 2.05) is 0 Å². The molecule has 0 unspecified atom stereocenters. The number of nitrogens with one attached hydrogen (secondary N) is 3. The summed E-state index contributed by atoms with van der Waals surface area (Å²) in [5.74, 6) is 0.500. The predicted molar refractivity (Wildman–Crippen MR) is 123 cm³/mol. The van der Waals surface area contributed by atoms with Crippen molar-refractivity contribution in [1.82, 2.24) is 15.5 Å². The fraction of sp³-hybridized carbons (Fsp3) is 0.609. The normalized spacial score (nSPS) is 16.7. The first-order valence-electron chi connectivity index (χ1n) is 11.1. The molecule has 32 heavy (non-hydrogen) atoms. The van der Waals surface area contributed by atoms with Crippen LogP contribution in [0.15, 0.2) is 24.3 Å². The van der Waals surface area contributed by atoms with E-state index in [0.29, 0.717) is 6.54 Å². The summed E-state index contributed by atoms with van der Waals surface area (Å²) in [7, 11) is 1.60. The average molecular weight is 449 g/mol. The molecule has 1 fully saturated rings. The summed E-state index contributed by atoms with van der Waals surface area (Å²) in [5.41, 5.74) is 0.145. The molecule has 1 aliphatic heterocycles. The minimum Gasteiger partial charge on any atom is -0.497 e. The monoisotopic (exact) mass is 448 g/mol. The lowest BCUT2D eigenvalue weighted by molar-refractivity contribution is -0.121. The summed E-state index contributed by atoms with van der Waals surface area (Å²) in [6, 6.07) is 7.30. The average Bonchev–Trinajstić information content (AvgIpc) is 2.72. The van der Waals surface area contributed by atoms with E-state index in [1.54, 1.807) is 52.1 Å². The highest BCUT2D eigenvalue weighted by atomic mass is 16.6. The lowest BCUT2D eigenvalue weighted by Crippen LogP contribution is -2.49. The van der Waals surface area contributed by atoms with Crippen LogP contribution in [0.1, 0.15) is 46.5 Å². The van der Waals surface area contributed by atoms with E-state index in [1.165, 1.54) is 0 Å². The van der Waals surface area contributed by atoms with Crippen LogP contribution in [-0.2, 0) is 14.3 Å². The number of methoxy groups -OCH3 is 1. The van der Waals surface area contributed by atoms with Crippen LogP contribution in [0, 0.1) is 0 Å². The molecule has 3 N–H and O–H groups in total. The molecule has 1 aromatic carbocycles. The molecule has 0 spiro atoms. The second-order valence-electron chi connectivity index (χ2n) is 8.88. The Balaban J connectivity index is 1.73. The molecule has 0 aromatic heterocycles. The van der Waals surface area contributed by atoms with Gasteiger partial charge in [-0.1, -0.05) is 6.42 Å². The molecule has 3 amide bonds. The van der Waals surface area contributed by atoms with E-state index >= 15 is 0 Å². The molecule has 1 aromatic rings. The summed E-state index contributed by atoms with van der Waals surface area (Å²) in [6.45, 7) is 7.12. The van der Waals surface area contributed by atoms with E-state index < -0.39 is 11.7 Å². The van der Waals surface area contributed by atoms with Crippen LogP contribution >= 0.6 is 0 Å². The van der Waals surface area contributed by atoms with Gasteiger partial charge in [-0.05, 0) is 64.4 Å². The van der Waals surface area contributed by atoms with E-state index in [9.17, 15) is 14.4 Å². The maximum absolute atomic E-state index is 12.5. The first-order chi connectivity index (χ1) is 15.2. The number of piperidine rings is 1. The molecule has 0 radical (unpaired) electrons. The number of benzene rings is 1. The molecule has 9 nitrogen and oxygen atoms in total. The summed E-state index contributed by atoms with van der Waals surface area (Å²) >= 11 is 0. The van der Waals surface area contributed by atoms with Gasteiger partial charge in [-0.25, -0.2) is 4.79 Å². The van der Waals surface area contributed by atoms with Gasteiger partial charge in [0.25, 0.3) is 0 Å². The van der Waals surface area contributed by atoms with Gasteiger partial charge in [-0.3, -0.25) is 14.5 Å². The lowest BCUT2D eigenvalue weighted by atomic mass is 10.0. The number of rotatable bonds is 9. The van der Waals surface area contributed by atoms with Crippen molar-refractivity contribution in [1.29, 1.82) is 0 Å². The Labute approximate surface area is 190 Å². The number of hydrogen-bond donors (Lipinski definition) is 3. The van der Waals surface area contributed by atoms with Gasteiger partial charge < -0.3 is 25.4 Å². The zero-order valence-electron chi connectivity index (χ0n) is 19.5. The van der Waals surface area contributed by atoms with E-state index in [-0.39, 0.29) is 37.4 Å². The Morgan fingerprint density at radius 2 is 1.78 bits per heavy atom. The van der Waals surface area contributed by atoms with Crippen molar-refractivity contribution in [3.8, 4) is 5.75 Å². The van der Waals surface area contributed by atoms with Crippen LogP contribution in [-0.4, -0.2) is 67.7 Å². The Kier molecular flexibility index (Phi) is 9.77. The fourth-order valence-corrected chi connectivity index (χ4v) is 3.47. The molecule has 1 heterocycles. The fourth-order valence-electron chi connectivity index (χ4n) is 3.47. The number of ether oxygens (including phenoxy) is 2. The zero-order chi connectivity index (χ0) is 23.6. The molecule has 178 valence electrons. The lowest BCUT2D eigenvalue weighted by Gasteiger charge is -2.35. The zero-order valence-corrected chi connectivity index (χ0v) is 19.5. The largest absolute Gasteiger partial charge is 0.497 e. The van der Waals surface area contributed by atoms with Gasteiger partial charge in [-0.15, -0.1) is 0 Å². The molecule has 1 aliphatic rings. The predicted octanol–water partition coefficient (Wildman–Crippen LogP) is 2.52. The van der Waals surface area contributed by atoms with Crippen molar-refractivity contribution in [2.75, 3.05) is 38.6 Å². The Bertz CT molecular complexity index is 761. The van der Waals surface area contributed by atoms with E-state index in [4.69, 9.17) is 9.47 Å². The van der Waals surface area contributed by atoms with Crippen molar-refractivity contribution in [2.45, 2.75) is 58.1 Å². The van der Waals surface area contributed by atoms with Gasteiger partial charge in [0.05, 0.1) is 13.7 Å². The maximum atomic E-state index is 12.5. The number of anilines is 1. The topological polar surface area (TPSA) is 109 Å². The van der Waals surface area contributed by atoms with Crippen LogP contribution < -0.4 is 20.7 Å². The van der Waals surface area contributed by atoms with Gasteiger partial charge in [0, 0.05) is 31.2 Å². The first kappa shape index (κ1) is 25.5. The van der Waals surface area contributed by atoms with Crippen molar-refractivity contribution < 1.29 is 23.9 Å². The van der Waals surface area contributed by atoms with Gasteiger partial charge >= 0.3 is 6.09 Å². The maximum Gasteiger partial charge on any atom is 0.407 e. The summed E-state index contributed by atoms with van der Waals surface area (Å²) < 4.78 is 10.3. The molecular formula is C23H36N4O5. The molecule has 1 atom stereocenters. The summed E-state index contributed by atoms with van der Waals surface area (Å²) in [4.78, 5) is 38.4. The smallest absolute Gasteiger partial charge is 0.407 e. The van der Waals surface area contributed by atoms with Crippen LogP contribution in [0.5, 0.6) is 5.75 Å². The van der Waals surface area contributed by atoms with Crippen LogP contribution in [0.25, 0.3) is 0 Å². The third kappa shape index (κ3) is 9.55. The van der Waals surface area contributed by atoms with Gasteiger partial charge in [-0.2, -0.15) is 0 Å². The highest BCUT2D eigenvalue weighted by Gasteiger charge is 2.25. The standard InChI is InChI=1S/C23H36N4O5/c1-23(2,3)32-22(30)24-13-12-20(28)25-15-18-7-5-6-14-27(18)16-21(29)26-17-8-10-19(31-4)11-9-17/h8-11,18H,5-7,12-16H2,1-4H3,(H,24,30)(H,25,28)(H,26,29)/t18-/m1/s1. The van der Waals surface area contributed by atoms with Crippen LogP contribution in [0.4, 0.5) is 10.5 Å². The van der Waals surface area contributed by atoms with Crippen molar-refractivity contribution in [3.05, 3.63) is 24.3 Å². The van der Waals surface area contributed by atoms with Crippen LogP contribution in [0.3, 0.4) is 0 Å². The number of carbonyl (C=O) groups is 3. The molecule has 0 aliphatic carbocycles. The molecule has 1 saturated heterocycles. The molecule has 9 heteroatoms. The number of likely N-dealkylation sites (tertiary alicyclic amines) is 1. The van der Waals surface area contributed by atoms with Crippen molar-refractivity contribution in [2.24, 2.45) is 0 Å². The minimum atomic E-state index is -0.573. The second-order valence-corrected chi connectivity index (χ2v) is 8.88. The minimum absolute atomic E-state index is 0.0880. The molecule has 0 saturated carbocycles. The molecule has 0 bridgehead atoms. The van der Waals surface area contributed by atoms with Crippen LogP contribution in [0.2, 0.25) is 0 Å². The van der Waals surface area contributed by atoms with Gasteiger partial charge in [0.15, 0.2) is 0 Å². The highest BCUT2D eigenvalue weighted by Crippen LogP contribution is 2.18. The summed E-state index contributed by atoms with van der Waals surface area (Å²) in [6.07, 6.45) is 2.65.